The van der Waals surface area contributed by atoms with Crippen LogP contribution in [-0.4, -0.2) is 22.7 Å². The van der Waals surface area contributed by atoms with E-state index in [-0.39, 0.29) is 17.9 Å². The third-order valence-electron chi connectivity index (χ3n) is 3.01. The fraction of sp³-hybridized carbons (Fsp3) is 0.188. The molecule has 0 radical (unpaired) electrons. The molecule has 2 aromatic carbocycles. The van der Waals surface area contributed by atoms with Gasteiger partial charge in [-0.05, 0) is 48.7 Å². The number of carbonyl (C=O) groups excluding carboxylic acids is 1. The molecular weight excluding hydrogens is 290 g/mol. The van der Waals surface area contributed by atoms with Crippen molar-refractivity contribution in [2.75, 3.05) is 11.9 Å². The molecule has 4 nitrogen and oxygen atoms in total. The Morgan fingerprint density at radius 2 is 2.00 bits per heavy atom. The summed E-state index contributed by atoms with van der Waals surface area (Å²) in [6.07, 6.45) is 1.42. The molecule has 0 spiro atoms. The number of carbonyl (C=O) groups is 1. The van der Waals surface area contributed by atoms with E-state index in [0.29, 0.717) is 17.1 Å². The average molecular weight is 306 g/mol. The van der Waals surface area contributed by atoms with Gasteiger partial charge < -0.3 is 15.5 Å². The number of halogens is 1. The smallest absolute Gasteiger partial charge is 0.259 e. The Kier molecular flexibility index (Phi) is 5.20. The van der Waals surface area contributed by atoms with Gasteiger partial charge in [0.15, 0.2) is 0 Å². The van der Waals surface area contributed by atoms with Crippen molar-refractivity contribution in [1.29, 1.82) is 0 Å². The van der Waals surface area contributed by atoms with E-state index in [9.17, 15) is 9.90 Å². The second-order valence-electron chi connectivity index (χ2n) is 4.64. The number of phenolic OH excluding ortho intramolecular Hbond substituents is 1. The highest BCUT2D eigenvalue weighted by Crippen LogP contribution is 2.23. The molecule has 0 aliphatic carbocycles. The van der Waals surface area contributed by atoms with Gasteiger partial charge in [-0.15, -0.1) is 0 Å². The number of anilines is 1. The fourth-order valence-corrected chi connectivity index (χ4v) is 2.15. The van der Waals surface area contributed by atoms with E-state index in [0.717, 1.165) is 12.0 Å². The van der Waals surface area contributed by atoms with E-state index in [1.807, 2.05) is 18.2 Å². The number of aryl methyl sites for hydroxylation is 1. The van der Waals surface area contributed by atoms with E-state index in [1.165, 1.54) is 12.1 Å². The molecule has 1 amide bonds. The fourth-order valence-electron chi connectivity index (χ4n) is 1.98. The van der Waals surface area contributed by atoms with Crippen molar-refractivity contribution in [2.45, 2.75) is 12.8 Å². The SMILES string of the molecule is O=C(Nc1cccc(CCCO)c1)c1ccc(Cl)cc1O. The van der Waals surface area contributed by atoms with E-state index in [1.54, 1.807) is 12.1 Å². The number of hydrogen-bond donors (Lipinski definition) is 3. The molecule has 0 aliphatic rings. The summed E-state index contributed by atoms with van der Waals surface area (Å²) in [5, 5.41) is 21.7. The van der Waals surface area contributed by atoms with Crippen molar-refractivity contribution in [2.24, 2.45) is 0 Å². The highest BCUT2D eigenvalue weighted by molar-refractivity contribution is 6.30. The summed E-state index contributed by atoms with van der Waals surface area (Å²) >= 11 is 5.74. The summed E-state index contributed by atoms with van der Waals surface area (Å²) in [4.78, 5) is 12.1. The molecule has 3 N–H and O–H groups in total. The molecule has 0 fully saturated rings. The molecule has 0 saturated heterocycles. The first-order valence-corrected chi connectivity index (χ1v) is 6.97. The number of phenols is 1. The van der Waals surface area contributed by atoms with Gasteiger partial charge >= 0.3 is 0 Å². The molecule has 0 atom stereocenters. The lowest BCUT2D eigenvalue weighted by molar-refractivity contribution is 0.102. The van der Waals surface area contributed by atoms with Crippen LogP contribution in [0.3, 0.4) is 0 Å². The first kappa shape index (κ1) is 15.4. The first-order valence-electron chi connectivity index (χ1n) is 6.60. The van der Waals surface area contributed by atoms with Crippen LogP contribution < -0.4 is 5.32 Å². The lowest BCUT2D eigenvalue weighted by Crippen LogP contribution is -2.12. The van der Waals surface area contributed by atoms with Gasteiger partial charge in [-0.2, -0.15) is 0 Å². The first-order chi connectivity index (χ1) is 10.1. The topological polar surface area (TPSA) is 69.6 Å². The maximum atomic E-state index is 12.1. The average Bonchev–Trinajstić information content (AvgIpc) is 2.45. The molecular formula is C16H16ClNO3. The minimum Gasteiger partial charge on any atom is -0.507 e. The van der Waals surface area contributed by atoms with Gasteiger partial charge in [-0.25, -0.2) is 0 Å². The molecule has 2 aromatic rings. The molecule has 0 aliphatic heterocycles. The Balaban J connectivity index is 2.12. The van der Waals surface area contributed by atoms with Crippen molar-refractivity contribution < 1.29 is 15.0 Å². The van der Waals surface area contributed by atoms with Crippen LogP contribution in [0.5, 0.6) is 5.75 Å². The zero-order valence-electron chi connectivity index (χ0n) is 11.3. The molecule has 5 heteroatoms. The number of aliphatic hydroxyl groups is 1. The van der Waals surface area contributed by atoms with Crippen molar-refractivity contribution in [3.63, 3.8) is 0 Å². The lowest BCUT2D eigenvalue weighted by atomic mass is 10.1. The monoisotopic (exact) mass is 305 g/mol. The van der Waals surface area contributed by atoms with Gasteiger partial charge in [0, 0.05) is 17.3 Å². The number of benzene rings is 2. The zero-order chi connectivity index (χ0) is 15.2. The molecule has 0 heterocycles. The molecule has 0 aromatic heterocycles. The quantitative estimate of drug-likeness (QED) is 0.794. The second-order valence-corrected chi connectivity index (χ2v) is 5.08. The largest absolute Gasteiger partial charge is 0.507 e. The van der Waals surface area contributed by atoms with Crippen molar-refractivity contribution in [1.82, 2.24) is 0 Å². The van der Waals surface area contributed by atoms with Gasteiger partial charge in [-0.1, -0.05) is 23.7 Å². The maximum Gasteiger partial charge on any atom is 0.259 e. The molecule has 2 rings (SSSR count). The number of nitrogens with one attached hydrogen (secondary N) is 1. The number of aromatic hydroxyl groups is 1. The van der Waals surface area contributed by atoms with Crippen LogP contribution in [0.15, 0.2) is 42.5 Å². The number of hydrogen-bond acceptors (Lipinski definition) is 3. The summed E-state index contributed by atoms with van der Waals surface area (Å²) in [5.74, 6) is -0.556. The van der Waals surface area contributed by atoms with Crippen LogP contribution in [0.2, 0.25) is 5.02 Å². The van der Waals surface area contributed by atoms with Crippen molar-refractivity contribution in [3.8, 4) is 5.75 Å². The molecule has 0 unspecified atom stereocenters. The Morgan fingerprint density at radius 3 is 2.71 bits per heavy atom. The predicted octanol–water partition coefficient (Wildman–Crippen LogP) is 3.22. The normalized spacial score (nSPS) is 10.4. The van der Waals surface area contributed by atoms with Crippen molar-refractivity contribution >= 4 is 23.2 Å². The van der Waals surface area contributed by atoms with E-state index in [2.05, 4.69) is 5.32 Å². The highest BCUT2D eigenvalue weighted by Gasteiger charge is 2.11. The van der Waals surface area contributed by atoms with Crippen LogP contribution in [0, 0.1) is 0 Å². The van der Waals surface area contributed by atoms with E-state index < -0.39 is 5.91 Å². The number of amides is 1. The highest BCUT2D eigenvalue weighted by atomic mass is 35.5. The van der Waals surface area contributed by atoms with Gasteiger partial charge in [0.05, 0.1) is 5.56 Å². The van der Waals surface area contributed by atoms with Crippen LogP contribution in [0.25, 0.3) is 0 Å². The molecule has 0 bridgehead atoms. The summed E-state index contributed by atoms with van der Waals surface area (Å²) in [7, 11) is 0. The van der Waals surface area contributed by atoms with Gasteiger partial charge in [-0.3, -0.25) is 4.79 Å². The third-order valence-corrected chi connectivity index (χ3v) is 3.25. The Labute approximate surface area is 128 Å². The Morgan fingerprint density at radius 1 is 1.19 bits per heavy atom. The van der Waals surface area contributed by atoms with Crippen LogP contribution >= 0.6 is 11.6 Å². The van der Waals surface area contributed by atoms with Crippen LogP contribution in [0.4, 0.5) is 5.69 Å². The number of aliphatic hydroxyl groups excluding tert-OH is 1. The van der Waals surface area contributed by atoms with Gasteiger partial charge in [0.25, 0.3) is 5.91 Å². The molecule has 110 valence electrons. The Hall–Kier alpha value is -2.04. The van der Waals surface area contributed by atoms with E-state index >= 15 is 0 Å². The van der Waals surface area contributed by atoms with Crippen LogP contribution in [-0.2, 0) is 6.42 Å². The van der Waals surface area contributed by atoms with Crippen LogP contribution in [0.1, 0.15) is 22.3 Å². The van der Waals surface area contributed by atoms with Gasteiger partial charge in [0.1, 0.15) is 5.75 Å². The molecule has 21 heavy (non-hydrogen) atoms. The Bertz CT molecular complexity index is 643. The summed E-state index contributed by atoms with van der Waals surface area (Å²) in [5.41, 5.74) is 1.84. The second kappa shape index (κ2) is 7.11. The summed E-state index contributed by atoms with van der Waals surface area (Å²) in [6, 6.07) is 11.7. The summed E-state index contributed by atoms with van der Waals surface area (Å²) < 4.78 is 0. The maximum absolute atomic E-state index is 12.1. The standard InChI is InChI=1S/C16H16ClNO3/c17-12-6-7-14(15(20)10-12)16(21)18-13-5-1-3-11(9-13)4-2-8-19/h1,3,5-7,9-10,19-20H,2,4,8H2,(H,18,21). The predicted molar refractivity (Wildman–Crippen MR) is 82.9 cm³/mol. The lowest BCUT2D eigenvalue weighted by Gasteiger charge is -2.08. The summed E-state index contributed by atoms with van der Waals surface area (Å²) in [6.45, 7) is 0.134. The van der Waals surface area contributed by atoms with E-state index in [4.69, 9.17) is 16.7 Å². The van der Waals surface area contributed by atoms with Gasteiger partial charge in [0.2, 0.25) is 0 Å². The number of rotatable bonds is 5. The minimum absolute atomic E-state index is 0.134. The zero-order valence-corrected chi connectivity index (χ0v) is 12.1. The van der Waals surface area contributed by atoms with Crippen molar-refractivity contribution in [3.05, 3.63) is 58.6 Å². The molecule has 0 saturated carbocycles. The minimum atomic E-state index is -0.400. The third kappa shape index (κ3) is 4.21.